The molecule has 0 spiro atoms. The third-order valence-corrected chi connectivity index (χ3v) is 4.00. The Labute approximate surface area is 115 Å². The zero-order chi connectivity index (χ0) is 13.7. The van der Waals surface area contributed by atoms with E-state index in [-0.39, 0.29) is 11.9 Å². The third-order valence-electron chi connectivity index (χ3n) is 4.00. The fourth-order valence-corrected chi connectivity index (χ4v) is 2.65. The van der Waals surface area contributed by atoms with Crippen molar-refractivity contribution in [2.45, 2.75) is 25.7 Å². The topological polar surface area (TPSA) is 29.5 Å². The summed E-state index contributed by atoms with van der Waals surface area (Å²) in [4.78, 5) is 14.4. The predicted octanol–water partition coefficient (Wildman–Crippen LogP) is 2.68. The Balaban J connectivity index is 2.05. The van der Waals surface area contributed by atoms with E-state index in [0.717, 1.165) is 31.1 Å². The first-order valence-corrected chi connectivity index (χ1v) is 7.06. The van der Waals surface area contributed by atoms with Gasteiger partial charge in [0, 0.05) is 6.54 Å². The summed E-state index contributed by atoms with van der Waals surface area (Å²) in [6.07, 6.45) is 2.45. The van der Waals surface area contributed by atoms with Crippen molar-refractivity contribution in [3.05, 3.63) is 35.9 Å². The van der Waals surface area contributed by atoms with Crippen LogP contribution in [0.2, 0.25) is 0 Å². The molecule has 0 amide bonds. The van der Waals surface area contributed by atoms with E-state index in [1.807, 2.05) is 30.3 Å². The molecule has 0 aliphatic carbocycles. The smallest absolute Gasteiger partial charge is 0.314 e. The number of nitrogens with zero attached hydrogens (tertiary/aromatic N) is 1. The summed E-state index contributed by atoms with van der Waals surface area (Å²) in [6, 6.07) is 9.94. The van der Waals surface area contributed by atoms with E-state index >= 15 is 0 Å². The number of hydrogen-bond acceptors (Lipinski definition) is 3. The van der Waals surface area contributed by atoms with Crippen molar-refractivity contribution in [1.29, 1.82) is 0 Å². The summed E-state index contributed by atoms with van der Waals surface area (Å²) in [5.74, 6) is 0.508. The minimum atomic E-state index is -0.167. The van der Waals surface area contributed by atoms with Crippen LogP contribution in [0.15, 0.2) is 30.3 Å². The second-order valence-electron chi connectivity index (χ2n) is 5.47. The molecule has 0 radical (unpaired) electrons. The first-order valence-electron chi connectivity index (χ1n) is 7.06. The minimum absolute atomic E-state index is 0.134. The lowest BCUT2D eigenvalue weighted by Crippen LogP contribution is -2.38. The minimum Gasteiger partial charge on any atom is -0.469 e. The van der Waals surface area contributed by atoms with Crippen LogP contribution in [0, 0.1) is 5.92 Å². The average Bonchev–Trinajstić information content (AvgIpc) is 2.47. The van der Waals surface area contributed by atoms with Crippen molar-refractivity contribution in [1.82, 2.24) is 4.90 Å². The number of esters is 1. The largest absolute Gasteiger partial charge is 0.469 e. The predicted molar refractivity (Wildman–Crippen MR) is 76.0 cm³/mol. The first-order chi connectivity index (χ1) is 9.20. The Hall–Kier alpha value is -1.35. The zero-order valence-corrected chi connectivity index (χ0v) is 11.8. The van der Waals surface area contributed by atoms with Gasteiger partial charge in [-0.1, -0.05) is 37.3 Å². The molecule has 0 bridgehead atoms. The lowest BCUT2D eigenvalue weighted by molar-refractivity contribution is -0.143. The molecule has 1 saturated heterocycles. The van der Waals surface area contributed by atoms with Gasteiger partial charge in [-0.3, -0.25) is 4.79 Å². The third kappa shape index (κ3) is 3.80. The van der Waals surface area contributed by atoms with E-state index in [1.165, 1.54) is 20.0 Å². The van der Waals surface area contributed by atoms with Gasteiger partial charge in [0.05, 0.1) is 13.0 Å². The Bertz CT molecular complexity index is 396. The van der Waals surface area contributed by atoms with Gasteiger partial charge in [-0.2, -0.15) is 0 Å². The number of piperidine rings is 1. The van der Waals surface area contributed by atoms with Crippen LogP contribution in [0.1, 0.15) is 31.2 Å². The highest BCUT2D eigenvalue weighted by Gasteiger charge is 2.26. The molecule has 1 aliphatic heterocycles. The fraction of sp³-hybridized carbons (Fsp3) is 0.562. The molecule has 104 valence electrons. The number of methoxy groups -OCH3 is 1. The van der Waals surface area contributed by atoms with Gasteiger partial charge in [0.2, 0.25) is 0 Å². The molecule has 2 rings (SSSR count). The first kappa shape index (κ1) is 14.1. The molecule has 1 heterocycles. The SMILES string of the molecule is COC(=O)C(CN1CCC(C)CC1)c1ccccc1. The summed E-state index contributed by atoms with van der Waals surface area (Å²) >= 11 is 0. The second kappa shape index (κ2) is 6.71. The van der Waals surface area contributed by atoms with Gasteiger partial charge in [0.15, 0.2) is 0 Å². The van der Waals surface area contributed by atoms with Crippen LogP contribution in [0.25, 0.3) is 0 Å². The highest BCUT2D eigenvalue weighted by molar-refractivity contribution is 5.78. The van der Waals surface area contributed by atoms with Gasteiger partial charge in [0.1, 0.15) is 0 Å². The number of carbonyl (C=O) groups is 1. The van der Waals surface area contributed by atoms with Crippen molar-refractivity contribution in [2.75, 3.05) is 26.7 Å². The average molecular weight is 261 g/mol. The van der Waals surface area contributed by atoms with E-state index in [4.69, 9.17) is 4.74 Å². The quantitative estimate of drug-likeness (QED) is 0.780. The number of ether oxygens (including phenoxy) is 1. The van der Waals surface area contributed by atoms with Gasteiger partial charge in [0.25, 0.3) is 0 Å². The number of rotatable bonds is 4. The van der Waals surface area contributed by atoms with Crippen LogP contribution in [0.5, 0.6) is 0 Å². The van der Waals surface area contributed by atoms with Crippen molar-refractivity contribution in [2.24, 2.45) is 5.92 Å². The van der Waals surface area contributed by atoms with Crippen LogP contribution in [0.3, 0.4) is 0 Å². The van der Waals surface area contributed by atoms with E-state index in [9.17, 15) is 4.79 Å². The van der Waals surface area contributed by atoms with Gasteiger partial charge in [-0.25, -0.2) is 0 Å². The number of hydrogen-bond donors (Lipinski definition) is 0. The number of benzene rings is 1. The maximum absolute atomic E-state index is 12.0. The summed E-state index contributed by atoms with van der Waals surface area (Å²) in [5, 5.41) is 0. The molecule has 1 aromatic rings. The standard InChI is InChI=1S/C16H23NO2/c1-13-8-10-17(11-9-13)12-15(16(18)19-2)14-6-4-3-5-7-14/h3-7,13,15H,8-12H2,1-2H3. The van der Waals surface area contributed by atoms with Crippen LogP contribution < -0.4 is 0 Å². The van der Waals surface area contributed by atoms with Crippen LogP contribution >= 0.6 is 0 Å². The van der Waals surface area contributed by atoms with Gasteiger partial charge >= 0.3 is 5.97 Å². The highest BCUT2D eigenvalue weighted by atomic mass is 16.5. The summed E-state index contributed by atoms with van der Waals surface area (Å²) in [5.41, 5.74) is 1.05. The molecule has 1 unspecified atom stereocenters. The van der Waals surface area contributed by atoms with Crippen LogP contribution in [0.4, 0.5) is 0 Å². The molecular formula is C16H23NO2. The Morgan fingerprint density at radius 3 is 2.53 bits per heavy atom. The molecule has 3 heteroatoms. The molecule has 3 nitrogen and oxygen atoms in total. The normalized spacial score (nSPS) is 19.1. The van der Waals surface area contributed by atoms with E-state index in [0.29, 0.717) is 0 Å². The Morgan fingerprint density at radius 1 is 1.32 bits per heavy atom. The summed E-state index contributed by atoms with van der Waals surface area (Å²) in [7, 11) is 1.47. The number of likely N-dealkylation sites (tertiary alicyclic amines) is 1. The molecular weight excluding hydrogens is 238 g/mol. The van der Waals surface area contributed by atoms with Crippen molar-refractivity contribution < 1.29 is 9.53 Å². The van der Waals surface area contributed by atoms with Crippen molar-refractivity contribution in [3.63, 3.8) is 0 Å². The van der Waals surface area contributed by atoms with E-state index in [2.05, 4.69) is 11.8 Å². The zero-order valence-electron chi connectivity index (χ0n) is 11.8. The van der Waals surface area contributed by atoms with Crippen LogP contribution in [-0.4, -0.2) is 37.6 Å². The lowest BCUT2D eigenvalue weighted by atomic mass is 9.95. The molecule has 1 aromatic carbocycles. The fourth-order valence-electron chi connectivity index (χ4n) is 2.65. The second-order valence-corrected chi connectivity index (χ2v) is 5.47. The number of carbonyl (C=O) groups excluding carboxylic acids is 1. The summed E-state index contributed by atoms with van der Waals surface area (Å²) < 4.78 is 4.96. The summed E-state index contributed by atoms with van der Waals surface area (Å²) in [6.45, 7) is 5.23. The van der Waals surface area contributed by atoms with E-state index in [1.54, 1.807) is 0 Å². The Morgan fingerprint density at radius 2 is 1.95 bits per heavy atom. The molecule has 0 N–H and O–H groups in total. The lowest BCUT2D eigenvalue weighted by Gasteiger charge is -2.32. The molecule has 19 heavy (non-hydrogen) atoms. The molecule has 1 atom stereocenters. The molecule has 1 fully saturated rings. The van der Waals surface area contributed by atoms with E-state index < -0.39 is 0 Å². The monoisotopic (exact) mass is 261 g/mol. The van der Waals surface area contributed by atoms with Gasteiger partial charge in [-0.05, 0) is 37.4 Å². The maximum Gasteiger partial charge on any atom is 0.314 e. The Kier molecular flexibility index (Phi) is 4.97. The van der Waals surface area contributed by atoms with Crippen LogP contribution in [-0.2, 0) is 9.53 Å². The maximum atomic E-state index is 12.0. The van der Waals surface area contributed by atoms with Crippen molar-refractivity contribution >= 4 is 5.97 Å². The highest BCUT2D eigenvalue weighted by Crippen LogP contribution is 2.22. The molecule has 0 aromatic heterocycles. The van der Waals surface area contributed by atoms with Gasteiger partial charge < -0.3 is 9.64 Å². The molecule has 1 aliphatic rings. The molecule has 0 saturated carbocycles. The van der Waals surface area contributed by atoms with Crippen molar-refractivity contribution in [3.8, 4) is 0 Å². The van der Waals surface area contributed by atoms with Gasteiger partial charge in [-0.15, -0.1) is 0 Å².